The third-order valence-corrected chi connectivity index (χ3v) is 4.61. The highest BCUT2D eigenvalue weighted by Gasteiger charge is 2.34. The monoisotopic (exact) mass is 314 g/mol. The smallest absolute Gasteiger partial charge is 0.222 e. The van der Waals surface area contributed by atoms with Crippen LogP contribution in [0.1, 0.15) is 25.3 Å². The second kappa shape index (κ2) is 6.33. The molecule has 1 aromatic rings. The molecule has 5 heteroatoms. The minimum absolute atomic E-state index is 0.0770. The molecule has 0 spiro atoms. The van der Waals surface area contributed by atoms with Crippen LogP contribution in [-0.4, -0.2) is 30.4 Å². The highest BCUT2D eigenvalue weighted by atomic mass is 35.5. The summed E-state index contributed by atoms with van der Waals surface area (Å²) in [4.78, 5) is 14.1. The number of halogens is 2. The van der Waals surface area contributed by atoms with Gasteiger partial charge in [-0.2, -0.15) is 0 Å². The summed E-state index contributed by atoms with van der Waals surface area (Å²) >= 11 is 12.0. The fourth-order valence-electron chi connectivity index (χ4n) is 2.53. The van der Waals surface area contributed by atoms with Gasteiger partial charge in [-0.1, -0.05) is 36.2 Å². The number of nitrogens with two attached hydrogens (primary N) is 1. The first-order valence-electron chi connectivity index (χ1n) is 6.85. The molecule has 110 valence electrons. The van der Waals surface area contributed by atoms with Gasteiger partial charge >= 0.3 is 0 Å². The van der Waals surface area contributed by atoms with E-state index in [9.17, 15) is 4.79 Å². The van der Waals surface area contributed by atoms with Gasteiger partial charge in [-0.25, -0.2) is 0 Å². The van der Waals surface area contributed by atoms with Gasteiger partial charge in [0.15, 0.2) is 0 Å². The molecule has 2 N–H and O–H groups in total. The average Bonchev–Trinajstić information content (AvgIpc) is 2.81. The second-order valence-corrected chi connectivity index (χ2v) is 6.66. The molecule has 1 atom stereocenters. The average molecular weight is 315 g/mol. The van der Waals surface area contributed by atoms with Crippen molar-refractivity contribution in [1.29, 1.82) is 0 Å². The van der Waals surface area contributed by atoms with Gasteiger partial charge in [0.05, 0.1) is 0 Å². The molecule has 2 rings (SSSR count). The molecule has 1 aromatic carbocycles. The number of carbonyl (C=O) groups is 1. The van der Waals surface area contributed by atoms with Crippen molar-refractivity contribution in [1.82, 2.24) is 4.90 Å². The van der Waals surface area contributed by atoms with Crippen LogP contribution in [-0.2, 0) is 11.2 Å². The normalized spacial score (nSPS) is 22.3. The van der Waals surface area contributed by atoms with E-state index in [1.165, 1.54) is 0 Å². The van der Waals surface area contributed by atoms with Gasteiger partial charge in [-0.15, -0.1) is 0 Å². The van der Waals surface area contributed by atoms with E-state index in [1.54, 1.807) is 12.1 Å². The Kier molecular flexibility index (Phi) is 4.95. The van der Waals surface area contributed by atoms with E-state index < -0.39 is 0 Å². The Balaban J connectivity index is 1.90. The van der Waals surface area contributed by atoms with Crippen molar-refractivity contribution < 1.29 is 4.79 Å². The molecule has 0 radical (unpaired) electrons. The Labute approximate surface area is 130 Å². The maximum absolute atomic E-state index is 12.2. The van der Waals surface area contributed by atoms with Gasteiger partial charge in [0.2, 0.25) is 5.91 Å². The Hall–Kier alpha value is -0.770. The van der Waals surface area contributed by atoms with E-state index in [0.29, 0.717) is 29.4 Å². The third-order valence-electron chi connectivity index (χ3n) is 4.03. The first-order chi connectivity index (χ1) is 9.43. The lowest BCUT2D eigenvalue weighted by Crippen LogP contribution is -2.34. The molecular weight excluding hydrogens is 295 g/mol. The molecule has 0 aliphatic carbocycles. The zero-order chi connectivity index (χ0) is 14.8. The quantitative estimate of drug-likeness (QED) is 0.928. The van der Waals surface area contributed by atoms with Gasteiger partial charge in [0.1, 0.15) is 0 Å². The van der Waals surface area contributed by atoms with Crippen LogP contribution in [0, 0.1) is 5.41 Å². The van der Waals surface area contributed by atoms with E-state index in [-0.39, 0.29) is 11.3 Å². The van der Waals surface area contributed by atoms with Crippen molar-refractivity contribution in [2.75, 3.05) is 19.6 Å². The van der Waals surface area contributed by atoms with Gasteiger partial charge in [-0.3, -0.25) is 4.79 Å². The van der Waals surface area contributed by atoms with Crippen LogP contribution in [0.25, 0.3) is 0 Å². The zero-order valence-corrected chi connectivity index (χ0v) is 13.2. The predicted molar refractivity (Wildman–Crippen MR) is 83.1 cm³/mol. The molecule has 1 amide bonds. The molecule has 1 aliphatic rings. The van der Waals surface area contributed by atoms with Gasteiger partial charge in [-0.05, 0) is 42.5 Å². The lowest BCUT2D eigenvalue weighted by atomic mass is 9.90. The molecule has 1 aliphatic heterocycles. The highest BCUT2D eigenvalue weighted by molar-refractivity contribution is 6.35. The van der Waals surface area contributed by atoms with Crippen LogP contribution in [0.2, 0.25) is 10.0 Å². The van der Waals surface area contributed by atoms with Crippen molar-refractivity contribution in [3.63, 3.8) is 0 Å². The summed E-state index contributed by atoms with van der Waals surface area (Å²) in [5.41, 5.74) is 6.80. The number of hydrogen-bond acceptors (Lipinski definition) is 2. The molecule has 1 unspecified atom stereocenters. The number of rotatable bonds is 4. The van der Waals surface area contributed by atoms with Gasteiger partial charge < -0.3 is 10.6 Å². The SMILES string of the molecule is CC1(CN)CCN(C(=O)CCc2ccc(Cl)cc2Cl)C1. The Morgan fingerprint density at radius 1 is 1.45 bits per heavy atom. The first-order valence-corrected chi connectivity index (χ1v) is 7.61. The molecule has 0 aromatic heterocycles. The summed E-state index contributed by atoms with van der Waals surface area (Å²) in [7, 11) is 0. The van der Waals surface area contributed by atoms with Crippen LogP contribution in [0.15, 0.2) is 18.2 Å². The molecular formula is C15H20Cl2N2O. The number of nitrogens with zero attached hydrogens (tertiary/aromatic N) is 1. The van der Waals surface area contributed by atoms with Gasteiger partial charge in [0, 0.05) is 29.6 Å². The summed E-state index contributed by atoms with van der Waals surface area (Å²) in [6.45, 7) is 4.33. The van der Waals surface area contributed by atoms with E-state index in [1.807, 2.05) is 11.0 Å². The maximum atomic E-state index is 12.2. The van der Waals surface area contributed by atoms with E-state index >= 15 is 0 Å². The molecule has 3 nitrogen and oxygen atoms in total. The largest absolute Gasteiger partial charge is 0.342 e. The summed E-state index contributed by atoms with van der Waals surface area (Å²) in [6, 6.07) is 5.39. The Morgan fingerprint density at radius 3 is 2.80 bits per heavy atom. The van der Waals surface area contributed by atoms with Crippen LogP contribution in [0.4, 0.5) is 0 Å². The topological polar surface area (TPSA) is 46.3 Å². The van der Waals surface area contributed by atoms with Crippen LogP contribution < -0.4 is 5.73 Å². The number of aryl methyl sites for hydroxylation is 1. The summed E-state index contributed by atoms with van der Waals surface area (Å²) in [5.74, 6) is 0.174. The molecule has 0 bridgehead atoms. The standard InChI is InChI=1S/C15H20Cl2N2O/c1-15(9-18)6-7-19(10-15)14(20)5-3-11-2-4-12(16)8-13(11)17/h2,4,8H,3,5-7,9-10,18H2,1H3. The lowest BCUT2D eigenvalue weighted by Gasteiger charge is -2.22. The summed E-state index contributed by atoms with van der Waals surface area (Å²) in [5, 5.41) is 1.24. The minimum Gasteiger partial charge on any atom is -0.342 e. The number of carbonyl (C=O) groups excluding carboxylic acids is 1. The minimum atomic E-state index is 0.0770. The first kappa shape index (κ1) is 15.6. The predicted octanol–water partition coefficient (Wildman–Crippen LogP) is 3.12. The molecule has 1 heterocycles. The van der Waals surface area contributed by atoms with Gasteiger partial charge in [0.25, 0.3) is 0 Å². The Bertz CT molecular complexity index is 507. The summed E-state index contributed by atoms with van der Waals surface area (Å²) < 4.78 is 0. The zero-order valence-electron chi connectivity index (χ0n) is 11.7. The highest BCUT2D eigenvalue weighted by Crippen LogP contribution is 2.29. The van der Waals surface area contributed by atoms with E-state index in [2.05, 4.69) is 6.92 Å². The molecule has 1 fully saturated rings. The fourth-order valence-corrected chi connectivity index (χ4v) is 3.03. The maximum Gasteiger partial charge on any atom is 0.222 e. The number of likely N-dealkylation sites (tertiary alicyclic amines) is 1. The fraction of sp³-hybridized carbons (Fsp3) is 0.533. The lowest BCUT2D eigenvalue weighted by molar-refractivity contribution is -0.130. The van der Waals surface area contributed by atoms with Crippen molar-refractivity contribution in [2.45, 2.75) is 26.2 Å². The van der Waals surface area contributed by atoms with Crippen LogP contribution in [0.5, 0.6) is 0 Å². The number of benzene rings is 1. The van der Waals surface area contributed by atoms with Crippen molar-refractivity contribution in [3.05, 3.63) is 33.8 Å². The summed E-state index contributed by atoms with van der Waals surface area (Å²) in [6.07, 6.45) is 2.10. The molecule has 20 heavy (non-hydrogen) atoms. The second-order valence-electron chi connectivity index (χ2n) is 5.82. The van der Waals surface area contributed by atoms with Crippen molar-refractivity contribution in [2.24, 2.45) is 11.1 Å². The van der Waals surface area contributed by atoms with E-state index in [0.717, 1.165) is 25.1 Å². The van der Waals surface area contributed by atoms with Crippen molar-refractivity contribution >= 4 is 29.1 Å². The molecule has 0 saturated carbocycles. The Morgan fingerprint density at radius 2 is 2.20 bits per heavy atom. The van der Waals surface area contributed by atoms with Crippen molar-refractivity contribution in [3.8, 4) is 0 Å². The third kappa shape index (κ3) is 3.66. The molecule has 1 saturated heterocycles. The number of hydrogen-bond donors (Lipinski definition) is 1. The van der Waals surface area contributed by atoms with Crippen LogP contribution in [0.3, 0.4) is 0 Å². The number of amides is 1. The van der Waals surface area contributed by atoms with E-state index in [4.69, 9.17) is 28.9 Å². The van der Waals surface area contributed by atoms with Crippen LogP contribution >= 0.6 is 23.2 Å².